The predicted molar refractivity (Wildman–Crippen MR) is 98.5 cm³/mol. The summed E-state index contributed by atoms with van der Waals surface area (Å²) in [7, 11) is 0. The number of carbonyl (C=O) groups excluding carboxylic acids is 1. The minimum atomic E-state index is -0.473. The highest BCUT2D eigenvalue weighted by Gasteiger charge is 2.10. The van der Waals surface area contributed by atoms with Gasteiger partial charge in [0, 0.05) is 16.8 Å². The van der Waals surface area contributed by atoms with E-state index < -0.39 is 5.91 Å². The van der Waals surface area contributed by atoms with Crippen LogP contribution in [0, 0.1) is 0 Å². The number of aromatic nitrogens is 1. The summed E-state index contributed by atoms with van der Waals surface area (Å²) in [6, 6.07) is 11.7. The Morgan fingerprint density at radius 2 is 2.00 bits per heavy atom. The Kier molecular flexibility index (Phi) is 5.38. The van der Waals surface area contributed by atoms with Crippen molar-refractivity contribution in [1.82, 2.24) is 10.4 Å². The van der Waals surface area contributed by atoms with Crippen LogP contribution in [0.25, 0.3) is 11.3 Å². The van der Waals surface area contributed by atoms with E-state index in [0.29, 0.717) is 27.1 Å². The Labute approximate surface area is 158 Å². The number of hydrazone groups is 1. The summed E-state index contributed by atoms with van der Waals surface area (Å²) < 4.78 is 5.63. The maximum atomic E-state index is 12.0. The van der Waals surface area contributed by atoms with Crippen molar-refractivity contribution < 1.29 is 9.21 Å². The molecule has 0 spiro atoms. The molecule has 0 unspecified atom stereocenters. The van der Waals surface area contributed by atoms with E-state index in [1.165, 1.54) is 12.4 Å². The number of halogens is 3. The Hall–Kier alpha value is -2.34. The standard InChI is InChI=1S/C17H10Cl3N3O2/c18-10-3-5-14(19)13(8-10)15-6-4-11(25-15)9-22-23-17(24)12-2-1-7-21-16(12)20/h1-9H,(H,23,24)/b22-9+. The molecular formula is C17H10Cl3N3O2. The van der Waals surface area contributed by atoms with Crippen LogP contribution in [-0.2, 0) is 0 Å². The Balaban J connectivity index is 1.71. The molecule has 0 fully saturated rings. The number of rotatable bonds is 4. The highest BCUT2D eigenvalue weighted by atomic mass is 35.5. The number of benzene rings is 1. The first kappa shape index (κ1) is 17.5. The van der Waals surface area contributed by atoms with Crippen molar-refractivity contribution in [2.24, 2.45) is 5.10 Å². The van der Waals surface area contributed by atoms with Gasteiger partial charge in [0.2, 0.25) is 0 Å². The molecule has 1 amide bonds. The van der Waals surface area contributed by atoms with Crippen molar-refractivity contribution in [2.75, 3.05) is 0 Å². The molecule has 3 rings (SSSR count). The van der Waals surface area contributed by atoms with Gasteiger partial charge in [-0.05, 0) is 42.5 Å². The van der Waals surface area contributed by atoms with Gasteiger partial charge in [-0.2, -0.15) is 5.10 Å². The number of hydrogen-bond acceptors (Lipinski definition) is 4. The molecule has 0 saturated heterocycles. The highest BCUT2D eigenvalue weighted by Crippen LogP contribution is 2.31. The third-order valence-corrected chi connectivity index (χ3v) is 4.05. The van der Waals surface area contributed by atoms with Crippen molar-refractivity contribution >= 4 is 46.9 Å². The Morgan fingerprint density at radius 3 is 2.80 bits per heavy atom. The molecule has 2 aromatic heterocycles. The number of carbonyl (C=O) groups is 1. The van der Waals surface area contributed by atoms with E-state index in [2.05, 4.69) is 15.5 Å². The van der Waals surface area contributed by atoms with Crippen LogP contribution in [0.2, 0.25) is 15.2 Å². The second-order valence-electron chi connectivity index (χ2n) is 4.87. The number of nitrogens with one attached hydrogen (secondary N) is 1. The van der Waals surface area contributed by atoms with Crippen LogP contribution in [0.1, 0.15) is 16.1 Å². The zero-order valence-corrected chi connectivity index (χ0v) is 14.8. The van der Waals surface area contributed by atoms with Crippen molar-refractivity contribution in [2.45, 2.75) is 0 Å². The van der Waals surface area contributed by atoms with Crippen LogP contribution in [0.15, 0.2) is 58.2 Å². The van der Waals surface area contributed by atoms with E-state index in [1.54, 1.807) is 42.5 Å². The van der Waals surface area contributed by atoms with Crippen LogP contribution in [0.3, 0.4) is 0 Å². The summed E-state index contributed by atoms with van der Waals surface area (Å²) in [6.07, 6.45) is 2.86. The molecule has 0 aliphatic carbocycles. The number of furan rings is 1. The highest BCUT2D eigenvalue weighted by molar-refractivity contribution is 6.35. The van der Waals surface area contributed by atoms with Crippen LogP contribution in [0.4, 0.5) is 0 Å². The van der Waals surface area contributed by atoms with Crippen molar-refractivity contribution in [3.05, 3.63) is 75.2 Å². The summed E-state index contributed by atoms with van der Waals surface area (Å²) in [4.78, 5) is 15.8. The SMILES string of the molecule is O=C(N/N=C/c1ccc(-c2cc(Cl)ccc2Cl)o1)c1cccnc1Cl. The zero-order chi connectivity index (χ0) is 17.8. The van der Waals surface area contributed by atoms with Gasteiger partial charge in [-0.25, -0.2) is 10.4 Å². The third kappa shape index (κ3) is 4.20. The zero-order valence-electron chi connectivity index (χ0n) is 12.5. The smallest absolute Gasteiger partial charge is 0.274 e. The van der Waals surface area contributed by atoms with Crippen LogP contribution in [-0.4, -0.2) is 17.1 Å². The summed E-state index contributed by atoms with van der Waals surface area (Å²) in [5.41, 5.74) is 3.25. The summed E-state index contributed by atoms with van der Waals surface area (Å²) in [6.45, 7) is 0. The number of amides is 1. The maximum Gasteiger partial charge on any atom is 0.274 e. The lowest BCUT2D eigenvalue weighted by atomic mass is 10.2. The van der Waals surface area contributed by atoms with Gasteiger partial charge in [-0.15, -0.1) is 0 Å². The fraction of sp³-hybridized carbons (Fsp3) is 0. The molecule has 1 N–H and O–H groups in total. The molecule has 0 saturated carbocycles. The molecular weight excluding hydrogens is 385 g/mol. The van der Waals surface area contributed by atoms with Crippen LogP contribution < -0.4 is 5.43 Å². The van der Waals surface area contributed by atoms with Gasteiger partial charge in [0.15, 0.2) is 0 Å². The van der Waals surface area contributed by atoms with Gasteiger partial charge in [0.1, 0.15) is 16.7 Å². The third-order valence-electron chi connectivity index (χ3n) is 3.18. The fourth-order valence-electron chi connectivity index (χ4n) is 2.02. The summed E-state index contributed by atoms with van der Waals surface area (Å²) in [5, 5.41) is 5.01. The van der Waals surface area contributed by atoms with Gasteiger partial charge in [0.25, 0.3) is 5.91 Å². The van der Waals surface area contributed by atoms with E-state index >= 15 is 0 Å². The van der Waals surface area contributed by atoms with Gasteiger partial charge in [-0.1, -0.05) is 34.8 Å². The first-order valence-electron chi connectivity index (χ1n) is 7.04. The Bertz CT molecular complexity index is 954. The van der Waals surface area contributed by atoms with E-state index in [1.807, 2.05) is 0 Å². The van der Waals surface area contributed by atoms with Gasteiger partial charge < -0.3 is 4.42 Å². The minimum Gasteiger partial charge on any atom is -0.455 e. The Morgan fingerprint density at radius 1 is 1.16 bits per heavy atom. The number of hydrogen-bond donors (Lipinski definition) is 1. The molecule has 25 heavy (non-hydrogen) atoms. The molecule has 126 valence electrons. The van der Waals surface area contributed by atoms with E-state index in [-0.39, 0.29) is 10.7 Å². The minimum absolute atomic E-state index is 0.103. The largest absolute Gasteiger partial charge is 0.455 e. The maximum absolute atomic E-state index is 12.0. The molecule has 0 bridgehead atoms. The monoisotopic (exact) mass is 393 g/mol. The lowest BCUT2D eigenvalue weighted by Crippen LogP contribution is -2.18. The molecule has 0 atom stereocenters. The van der Waals surface area contributed by atoms with Gasteiger partial charge in [-0.3, -0.25) is 4.79 Å². The van der Waals surface area contributed by atoms with E-state index in [9.17, 15) is 4.79 Å². The normalized spacial score (nSPS) is 11.0. The van der Waals surface area contributed by atoms with E-state index in [4.69, 9.17) is 39.2 Å². The van der Waals surface area contributed by atoms with E-state index in [0.717, 1.165) is 0 Å². The fourth-order valence-corrected chi connectivity index (χ4v) is 2.61. The van der Waals surface area contributed by atoms with Crippen molar-refractivity contribution in [1.29, 1.82) is 0 Å². The van der Waals surface area contributed by atoms with Gasteiger partial charge in [0.05, 0.1) is 16.8 Å². The number of pyridine rings is 1. The molecule has 0 aliphatic heterocycles. The molecule has 3 aromatic rings. The molecule has 2 heterocycles. The predicted octanol–water partition coefficient (Wildman–Crippen LogP) is 5.07. The molecule has 0 radical (unpaired) electrons. The topological polar surface area (TPSA) is 67.5 Å². The van der Waals surface area contributed by atoms with Gasteiger partial charge >= 0.3 is 0 Å². The lowest BCUT2D eigenvalue weighted by molar-refractivity contribution is 0.0955. The first-order valence-corrected chi connectivity index (χ1v) is 8.17. The lowest BCUT2D eigenvalue weighted by Gasteiger charge is -2.01. The second-order valence-corrected chi connectivity index (χ2v) is 6.07. The first-order chi connectivity index (χ1) is 12.0. The second kappa shape index (κ2) is 7.70. The average Bonchev–Trinajstić information content (AvgIpc) is 3.06. The van der Waals surface area contributed by atoms with Crippen molar-refractivity contribution in [3.63, 3.8) is 0 Å². The van der Waals surface area contributed by atoms with Crippen LogP contribution >= 0.6 is 34.8 Å². The number of nitrogens with zero attached hydrogens (tertiary/aromatic N) is 2. The van der Waals surface area contributed by atoms with Crippen LogP contribution in [0.5, 0.6) is 0 Å². The molecule has 0 aliphatic rings. The molecule has 5 nitrogen and oxygen atoms in total. The summed E-state index contributed by atoms with van der Waals surface area (Å²) >= 11 is 18.0. The molecule has 1 aromatic carbocycles. The van der Waals surface area contributed by atoms with Crippen molar-refractivity contribution in [3.8, 4) is 11.3 Å². The molecule has 8 heteroatoms. The average molecular weight is 395 g/mol. The summed E-state index contributed by atoms with van der Waals surface area (Å²) in [5.74, 6) is 0.498. The quantitative estimate of drug-likeness (QED) is 0.382.